The van der Waals surface area contributed by atoms with E-state index in [1.807, 2.05) is 42.5 Å². The fourth-order valence-electron chi connectivity index (χ4n) is 3.36. The molecule has 2 aliphatic heterocycles. The SMILES string of the molecule is CC(=O)Nc1ccc(C2=[N+](C(C)=O)NC(c3ccc4c(c3)OCO4)C2)cc1. The van der Waals surface area contributed by atoms with E-state index in [1.54, 1.807) is 4.68 Å². The Hall–Kier alpha value is -3.35. The normalized spacial score (nSPS) is 17.6. The molecule has 2 heterocycles. The number of rotatable bonds is 3. The van der Waals surface area contributed by atoms with Gasteiger partial charge >= 0.3 is 5.91 Å². The van der Waals surface area contributed by atoms with Crippen molar-refractivity contribution in [3.63, 3.8) is 0 Å². The average Bonchev–Trinajstić information content (AvgIpc) is 3.28. The summed E-state index contributed by atoms with van der Waals surface area (Å²) < 4.78 is 12.4. The lowest BCUT2D eigenvalue weighted by Gasteiger charge is -2.08. The van der Waals surface area contributed by atoms with Crippen molar-refractivity contribution in [2.45, 2.75) is 26.3 Å². The molecule has 7 nitrogen and oxygen atoms in total. The number of nitrogens with zero attached hydrogens (tertiary/aromatic N) is 1. The number of fused-ring (bicyclic) bond motifs is 1. The summed E-state index contributed by atoms with van der Waals surface area (Å²) in [5.41, 5.74) is 6.83. The molecular formula is C20H20N3O4+. The standard InChI is InChI=1S/C20H19N3O4/c1-12(24)21-16-6-3-14(4-7-16)18-10-17(22-23(18)13(2)25)15-5-8-19-20(9-15)27-11-26-19/h3-9,17,22H,10-11H2,1-2H3/p+1. The highest BCUT2D eigenvalue weighted by Crippen LogP contribution is 2.36. The van der Waals surface area contributed by atoms with E-state index in [1.165, 1.54) is 13.8 Å². The summed E-state index contributed by atoms with van der Waals surface area (Å²) in [5.74, 6) is 1.25. The van der Waals surface area contributed by atoms with Gasteiger partial charge < -0.3 is 14.8 Å². The van der Waals surface area contributed by atoms with Gasteiger partial charge in [0.25, 0.3) is 0 Å². The third kappa shape index (κ3) is 3.36. The molecule has 138 valence electrons. The van der Waals surface area contributed by atoms with Gasteiger partial charge in [-0.25, -0.2) is 4.79 Å². The molecule has 1 unspecified atom stereocenters. The first-order valence-corrected chi connectivity index (χ1v) is 8.71. The summed E-state index contributed by atoms with van der Waals surface area (Å²) >= 11 is 0. The van der Waals surface area contributed by atoms with E-state index < -0.39 is 0 Å². The molecule has 2 aliphatic rings. The topological polar surface area (TPSA) is 79.7 Å². The predicted octanol–water partition coefficient (Wildman–Crippen LogP) is 2.37. The Balaban J connectivity index is 1.60. The predicted molar refractivity (Wildman–Crippen MR) is 98.9 cm³/mol. The summed E-state index contributed by atoms with van der Waals surface area (Å²) in [6.45, 7) is 3.23. The van der Waals surface area contributed by atoms with Gasteiger partial charge in [0.1, 0.15) is 6.04 Å². The molecule has 2 aromatic carbocycles. The second-order valence-corrected chi connectivity index (χ2v) is 6.56. The van der Waals surface area contributed by atoms with Gasteiger partial charge in [-0.3, -0.25) is 4.79 Å². The number of ether oxygens (including phenoxy) is 2. The molecule has 2 N–H and O–H groups in total. The van der Waals surface area contributed by atoms with E-state index in [9.17, 15) is 9.59 Å². The number of anilines is 1. The van der Waals surface area contributed by atoms with E-state index in [0.717, 1.165) is 34.0 Å². The van der Waals surface area contributed by atoms with Crippen LogP contribution in [-0.4, -0.2) is 29.0 Å². The lowest BCUT2D eigenvalue weighted by molar-refractivity contribution is -0.504. The van der Waals surface area contributed by atoms with Gasteiger partial charge in [0.15, 0.2) is 11.5 Å². The molecule has 0 radical (unpaired) electrons. The quantitative estimate of drug-likeness (QED) is 0.816. The number of hydrazone groups is 1. The Labute approximate surface area is 156 Å². The minimum absolute atomic E-state index is 0.0478. The number of nitrogens with one attached hydrogen (secondary N) is 2. The van der Waals surface area contributed by atoms with E-state index in [2.05, 4.69) is 10.7 Å². The van der Waals surface area contributed by atoms with E-state index >= 15 is 0 Å². The molecule has 1 atom stereocenters. The number of benzene rings is 2. The third-order valence-electron chi connectivity index (χ3n) is 4.60. The Kier molecular flexibility index (Phi) is 4.27. The minimum Gasteiger partial charge on any atom is -0.454 e. The van der Waals surface area contributed by atoms with Gasteiger partial charge in [-0.2, -0.15) is 5.43 Å². The Morgan fingerprint density at radius 1 is 1.07 bits per heavy atom. The Bertz CT molecular complexity index is 950. The van der Waals surface area contributed by atoms with Crippen molar-refractivity contribution in [2.24, 2.45) is 0 Å². The molecule has 0 aromatic heterocycles. The van der Waals surface area contributed by atoms with Crippen LogP contribution in [0.15, 0.2) is 42.5 Å². The maximum Gasteiger partial charge on any atom is 0.411 e. The van der Waals surface area contributed by atoms with Gasteiger partial charge in [0, 0.05) is 18.2 Å². The van der Waals surface area contributed by atoms with E-state index in [4.69, 9.17) is 9.47 Å². The van der Waals surface area contributed by atoms with Crippen molar-refractivity contribution >= 4 is 23.2 Å². The van der Waals surface area contributed by atoms with Crippen LogP contribution >= 0.6 is 0 Å². The summed E-state index contributed by atoms with van der Waals surface area (Å²) in [4.78, 5) is 23.3. The monoisotopic (exact) mass is 366 g/mol. The summed E-state index contributed by atoms with van der Waals surface area (Å²) in [5, 5.41) is 2.74. The molecule has 0 saturated heterocycles. The van der Waals surface area contributed by atoms with Crippen LogP contribution < -0.4 is 20.2 Å². The Morgan fingerprint density at radius 2 is 1.81 bits per heavy atom. The zero-order chi connectivity index (χ0) is 19.0. The van der Waals surface area contributed by atoms with Crippen LogP contribution in [0.4, 0.5) is 5.69 Å². The van der Waals surface area contributed by atoms with Crippen LogP contribution in [0.2, 0.25) is 0 Å². The molecule has 27 heavy (non-hydrogen) atoms. The van der Waals surface area contributed by atoms with E-state index in [-0.39, 0.29) is 24.6 Å². The molecular weight excluding hydrogens is 346 g/mol. The van der Waals surface area contributed by atoms with Crippen molar-refractivity contribution in [3.8, 4) is 11.5 Å². The smallest absolute Gasteiger partial charge is 0.411 e. The van der Waals surface area contributed by atoms with Gasteiger partial charge in [-0.15, -0.1) is 0 Å². The highest BCUT2D eigenvalue weighted by molar-refractivity contribution is 6.01. The van der Waals surface area contributed by atoms with Crippen molar-refractivity contribution in [1.29, 1.82) is 0 Å². The maximum atomic E-state index is 12.1. The lowest BCUT2D eigenvalue weighted by Crippen LogP contribution is -2.32. The zero-order valence-corrected chi connectivity index (χ0v) is 15.1. The third-order valence-corrected chi connectivity index (χ3v) is 4.60. The summed E-state index contributed by atoms with van der Waals surface area (Å²) in [7, 11) is 0. The molecule has 2 aromatic rings. The molecule has 2 amide bonds. The largest absolute Gasteiger partial charge is 0.454 e. The van der Waals surface area contributed by atoms with E-state index in [0.29, 0.717) is 6.42 Å². The van der Waals surface area contributed by atoms with Gasteiger partial charge in [-0.1, -0.05) is 6.07 Å². The van der Waals surface area contributed by atoms with Crippen molar-refractivity contribution in [3.05, 3.63) is 53.6 Å². The number of hydrazine groups is 1. The molecule has 0 saturated carbocycles. The van der Waals surface area contributed by atoms with Crippen LogP contribution in [0.1, 0.15) is 37.4 Å². The second-order valence-electron chi connectivity index (χ2n) is 6.56. The van der Waals surface area contributed by atoms with Crippen LogP contribution in [0, 0.1) is 0 Å². The minimum atomic E-state index is -0.119. The molecule has 7 heteroatoms. The van der Waals surface area contributed by atoms with Crippen molar-refractivity contribution < 1.29 is 23.7 Å². The molecule has 0 fully saturated rings. The first kappa shape index (κ1) is 17.1. The summed E-state index contributed by atoms with van der Waals surface area (Å²) in [6.07, 6.45) is 0.651. The van der Waals surface area contributed by atoms with Gasteiger partial charge in [0.05, 0.1) is 13.3 Å². The first-order valence-electron chi connectivity index (χ1n) is 8.71. The van der Waals surface area contributed by atoms with Crippen LogP contribution in [0.25, 0.3) is 0 Å². The second kappa shape index (κ2) is 6.75. The highest BCUT2D eigenvalue weighted by Gasteiger charge is 2.36. The number of amides is 2. The van der Waals surface area contributed by atoms with Crippen molar-refractivity contribution in [2.75, 3.05) is 12.1 Å². The summed E-state index contributed by atoms with van der Waals surface area (Å²) in [6, 6.07) is 13.2. The first-order chi connectivity index (χ1) is 13.0. The number of hydrogen-bond donors (Lipinski definition) is 2. The number of carbonyl (C=O) groups excluding carboxylic acids is 2. The lowest BCUT2D eigenvalue weighted by atomic mass is 9.98. The maximum absolute atomic E-state index is 12.1. The van der Waals surface area contributed by atoms with Crippen molar-refractivity contribution in [1.82, 2.24) is 5.43 Å². The Morgan fingerprint density at radius 3 is 2.52 bits per heavy atom. The number of hydrogen-bond acceptors (Lipinski definition) is 5. The van der Waals surface area contributed by atoms with Crippen LogP contribution in [0.5, 0.6) is 11.5 Å². The molecule has 0 bridgehead atoms. The zero-order valence-electron chi connectivity index (χ0n) is 15.1. The van der Waals surface area contributed by atoms with Gasteiger partial charge in [-0.05, 0) is 46.6 Å². The van der Waals surface area contributed by atoms with Gasteiger partial charge in [0.2, 0.25) is 18.4 Å². The highest BCUT2D eigenvalue weighted by atomic mass is 16.7. The van der Waals surface area contributed by atoms with Crippen LogP contribution in [-0.2, 0) is 9.59 Å². The number of carbonyl (C=O) groups is 2. The average molecular weight is 366 g/mol. The fourth-order valence-corrected chi connectivity index (χ4v) is 3.36. The fraction of sp³-hybridized carbons (Fsp3) is 0.250. The molecule has 4 rings (SSSR count). The molecule has 0 spiro atoms. The molecule has 0 aliphatic carbocycles. The van der Waals surface area contributed by atoms with Crippen LogP contribution in [0.3, 0.4) is 0 Å².